The van der Waals surface area contributed by atoms with Gasteiger partial charge in [-0.1, -0.05) is 11.6 Å². The Morgan fingerprint density at radius 3 is 2.63 bits per heavy atom. The number of piperidine rings is 1. The summed E-state index contributed by atoms with van der Waals surface area (Å²) in [6, 6.07) is 3.66. The lowest BCUT2D eigenvalue weighted by molar-refractivity contribution is 0.0950. The second-order valence-corrected chi connectivity index (χ2v) is 7.01. The molecule has 3 rings (SSSR count). The summed E-state index contributed by atoms with van der Waals surface area (Å²) in [5.74, 6) is 0.718. The predicted molar refractivity (Wildman–Crippen MR) is 103 cm³/mol. The fourth-order valence-electron chi connectivity index (χ4n) is 2.84. The first-order valence-electron chi connectivity index (χ1n) is 8.84. The predicted octanol–water partition coefficient (Wildman–Crippen LogP) is 2.65. The minimum Gasteiger partial charge on any atom is -0.347 e. The Hall–Kier alpha value is -2.48. The normalized spacial score (nSPS) is 14.1. The third-order valence-electron chi connectivity index (χ3n) is 4.28. The molecular formula is C18H22ClFN6O. The van der Waals surface area contributed by atoms with E-state index in [9.17, 15) is 9.18 Å². The fourth-order valence-corrected chi connectivity index (χ4v) is 3.09. The van der Waals surface area contributed by atoms with Crippen molar-refractivity contribution in [3.05, 3.63) is 40.4 Å². The van der Waals surface area contributed by atoms with Crippen LogP contribution in [0.4, 0.5) is 16.3 Å². The molecule has 1 aliphatic rings. The Morgan fingerprint density at radius 1 is 1.22 bits per heavy atom. The van der Waals surface area contributed by atoms with E-state index in [1.165, 1.54) is 18.6 Å². The number of aromatic nitrogens is 3. The van der Waals surface area contributed by atoms with Crippen LogP contribution in [0.2, 0.25) is 5.02 Å². The number of hydrogen-bond donors (Lipinski definition) is 1. The van der Waals surface area contributed by atoms with Crippen LogP contribution in [0, 0.1) is 5.82 Å². The molecule has 1 aromatic carbocycles. The maximum atomic E-state index is 13.2. The van der Waals surface area contributed by atoms with E-state index >= 15 is 0 Å². The number of amides is 1. The third kappa shape index (κ3) is 4.82. The minimum absolute atomic E-state index is 0.0612. The van der Waals surface area contributed by atoms with Crippen LogP contribution in [-0.2, 0) is 6.54 Å². The number of rotatable bonds is 5. The number of nitrogens with zero attached hydrogens (tertiary/aromatic N) is 5. The molecular weight excluding hydrogens is 371 g/mol. The second kappa shape index (κ2) is 8.47. The number of carbonyl (C=O) groups excluding carboxylic acids is 1. The molecule has 9 heteroatoms. The zero-order valence-corrected chi connectivity index (χ0v) is 16.1. The lowest BCUT2D eigenvalue weighted by Crippen LogP contribution is -2.33. The molecule has 0 radical (unpaired) electrons. The van der Waals surface area contributed by atoms with Gasteiger partial charge in [0.1, 0.15) is 5.82 Å². The van der Waals surface area contributed by atoms with Crippen LogP contribution in [0.15, 0.2) is 18.2 Å². The van der Waals surface area contributed by atoms with Gasteiger partial charge in [0.05, 0.1) is 17.1 Å². The van der Waals surface area contributed by atoms with Crippen LogP contribution < -0.4 is 15.1 Å². The molecule has 1 fully saturated rings. The Kier molecular flexibility index (Phi) is 6.05. The SMILES string of the molecule is CN(C)c1nc(CNC(=O)c2ccc(F)cc2Cl)nc(N2CCCCC2)n1. The zero-order valence-electron chi connectivity index (χ0n) is 15.4. The summed E-state index contributed by atoms with van der Waals surface area (Å²) in [5.41, 5.74) is 0.205. The van der Waals surface area contributed by atoms with Gasteiger partial charge in [0.25, 0.3) is 5.91 Å². The number of anilines is 2. The van der Waals surface area contributed by atoms with Crippen molar-refractivity contribution in [2.75, 3.05) is 37.0 Å². The summed E-state index contributed by atoms with van der Waals surface area (Å²) < 4.78 is 13.2. The van der Waals surface area contributed by atoms with Crippen LogP contribution in [0.25, 0.3) is 0 Å². The van der Waals surface area contributed by atoms with Crippen molar-refractivity contribution in [1.82, 2.24) is 20.3 Å². The number of hydrogen-bond acceptors (Lipinski definition) is 6. The Labute approximate surface area is 162 Å². The lowest BCUT2D eigenvalue weighted by Gasteiger charge is -2.27. The maximum Gasteiger partial charge on any atom is 0.253 e. The monoisotopic (exact) mass is 392 g/mol. The van der Waals surface area contributed by atoms with Gasteiger partial charge in [0, 0.05) is 27.2 Å². The van der Waals surface area contributed by atoms with E-state index in [0.717, 1.165) is 32.0 Å². The van der Waals surface area contributed by atoms with Gasteiger partial charge in [-0.3, -0.25) is 4.79 Å². The Balaban J connectivity index is 1.76. The molecule has 0 bridgehead atoms. The Morgan fingerprint density at radius 2 is 1.96 bits per heavy atom. The van der Waals surface area contributed by atoms with Crippen molar-refractivity contribution in [2.45, 2.75) is 25.8 Å². The molecule has 0 saturated carbocycles. The van der Waals surface area contributed by atoms with Crippen molar-refractivity contribution in [3.63, 3.8) is 0 Å². The topological polar surface area (TPSA) is 74.2 Å². The van der Waals surface area contributed by atoms with E-state index in [4.69, 9.17) is 11.6 Å². The van der Waals surface area contributed by atoms with E-state index < -0.39 is 11.7 Å². The molecule has 0 atom stereocenters. The molecule has 144 valence electrons. The van der Waals surface area contributed by atoms with Crippen molar-refractivity contribution >= 4 is 29.4 Å². The third-order valence-corrected chi connectivity index (χ3v) is 4.59. The number of nitrogens with one attached hydrogen (secondary N) is 1. The van der Waals surface area contributed by atoms with E-state index in [2.05, 4.69) is 25.2 Å². The zero-order chi connectivity index (χ0) is 19.4. The average Bonchev–Trinajstić information content (AvgIpc) is 2.66. The summed E-state index contributed by atoms with van der Waals surface area (Å²) in [5, 5.41) is 2.80. The van der Waals surface area contributed by atoms with E-state index in [1.54, 1.807) is 4.90 Å². The molecule has 2 heterocycles. The highest BCUT2D eigenvalue weighted by Gasteiger charge is 2.18. The van der Waals surface area contributed by atoms with Crippen molar-refractivity contribution in [3.8, 4) is 0 Å². The lowest BCUT2D eigenvalue weighted by atomic mass is 10.1. The summed E-state index contributed by atoms with van der Waals surface area (Å²) in [7, 11) is 3.71. The first kappa shape index (κ1) is 19.3. The smallest absolute Gasteiger partial charge is 0.253 e. The highest BCUT2D eigenvalue weighted by atomic mass is 35.5. The summed E-state index contributed by atoms with van der Waals surface area (Å²) >= 11 is 5.94. The fraction of sp³-hybridized carbons (Fsp3) is 0.444. The van der Waals surface area contributed by atoms with Crippen LogP contribution >= 0.6 is 11.6 Å². The molecule has 0 spiro atoms. The minimum atomic E-state index is -0.490. The van der Waals surface area contributed by atoms with Crippen molar-refractivity contribution in [1.29, 1.82) is 0 Å². The number of benzene rings is 1. The van der Waals surface area contributed by atoms with E-state index in [1.807, 2.05) is 14.1 Å². The molecule has 1 N–H and O–H groups in total. The van der Waals surface area contributed by atoms with Gasteiger partial charge in [0.2, 0.25) is 11.9 Å². The standard InChI is InChI=1S/C18H22ClFN6O/c1-25(2)17-22-15(23-18(24-17)26-8-4-3-5-9-26)11-21-16(27)13-7-6-12(20)10-14(13)19/h6-7,10H,3-5,8-9,11H2,1-2H3,(H,21,27). The van der Waals surface area contributed by atoms with Gasteiger partial charge in [-0.05, 0) is 37.5 Å². The average molecular weight is 393 g/mol. The molecule has 7 nitrogen and oxygen atoms in total. The molecule has 1 aliphatic heterocycles. The van der Waals surface area contributed by atoms with Gasteiger partial charge >= 0.3 is 0 Å². The maximum absolute atomic E-state index is 13.2. The Bertz CT molecular complexity index is 825. The molecule has 1 aromatic heterocycles. The van der Waals surface area contributed by atoms with Crippen LogP contribution in [0.1, 0.15) is 35.4 Å². The van der Waals surface area contributed by atoms with Gasteiger partial charge in [-0.15, -0.1) is 0 Å². The van der Waals surface area contributed by atoms with Gasteiger partial charge in [-0.25, -0.2) is 4.39 Å². The van der Waals surface area contributed by atoms with Gasteiger partial charge in [0.15, 0.2) is 5.82 Å². The first-order chi connectivity index (χ1) is 12.9. The van der Waals surface area contributed by atoms with Crippen molar-refractivity contribution in [2.24, 2.45) is 0 Å². The summed E-state index contributed by atoms with van der Waals surface area (Å²) in [6.07, 6.45) is 3.43. The van der Waals surface area contributed by atoms with Gasteiger partial charge in [-0.2, -0.15) is 15.0 Å². The summed E-state index contributed by atoms with van der Waals surface area (Å²) in [6.45, 7) is 1.94. The molecule has 0 aliphatic carbocycles. The van der Waals surface area contributed by atoms with E-state index in [0.29, 0.717) is 17.7 Å². The van der Waals surface area contributed by atoms with E-state index in [-0.39, 0.29) is 17.1 Å². The summed E-state index contributed by atoms with van der Waals surface area (Å²) in [4.78, 5) is 29.7. The number of carbonyl (C=O) groups is 1. The highest BCUT2D eigenvalue weighted by molar-refractivity contribution is 6.33. The van der Waals surface area contributed by atoms with Crippen molar-refractivity contribution < 1.29 is 9.18 Å². The molecule has 2 aromatic rings. The first-order valence-corrected chi connectivity index (χ1v) is 9.22. The molecule has 1 amide bonds. The molecule has 0 unspecified atom stereocenters. The van der Waals surface area contributed by atoms with Crippen LogP contribution in [-0.4, -0.2) is 48.0 Å². The molecule has 27 heavy (non-hydrogen) atoms. The van der Waals surface area contributed by atoms with Crippen LogP contribution in [0.3, 0.4) is 0 Å². The number of halogens is 2. The largest absolute Gasteiger partial charge is 0.347 e. The van der Waals surface area contributed by atoms with Crippen LogP contribution in [0.5, 0.6) is 0 Å². The van der Waals surface area contributed by atoms with Gasteiger partial charge < -0.3 is 15.1 Å². The quantitative estimate of drug-likeness (QED) is 0.843. The highest BCUT2D eigenvalue weighted by Crippen LogP contribution is 2.19. The second-order valence-electron chi connectivity index (χ2n) is 6.60. The molecule has 1 saturated heterocycles.